The molecule has 0 aliphatic heterocycles. The molecule has 1 amide bonds. The van der Waals surface area contributed by atoms with E-state index < -0.39 is 0 Å². The van der Waals surface area contributed by atoms with Crippen LogP contribution in [0.15, 0.2) is 18.2 Å². The summed E-state index contributed by atoms with van der Waals surface area (Å²) in [6.07, 6.45) is 5.75. The van der Waals surface area contributed by atoms with E-state index in [1.165, 1.54) is 19.3 Å². The number of amides is 1. The Morgan fingerprint density at radius 3 is 2.79 bits per heavy atom. The summed E-state index contributed by atoms with van der Waals surface area (Å²) in [5.41, 5.74) is 6.77. The number of carbonyl (C=O) groups is 1. The fourth-order valence-electron chi connectivity index (χ4n) is 2.64. The van der Waals surface area contributed by atoms with Gasteiger partial charge in [0.2, 0.25) is 0 Å². The normalized spacial score (nSPS) is 23.7. The molecule has 1 fully saturated rings. The summed E-state index contributed by atoms with van der Waals surface area (Å²) >= 11 is 5.92. The highest BCUT2D eigenvalue weighted by Gasteiger charge is 2.18. The van der Waals surface area contributed by atoms with E-state index in [0.29, 0.717) is 16.3 Å². The Morgan fingerprint density at radius 1 is 1.26 bits per heavy atom. The molecule has 0 bridgehead atoms. The topological polar surface area (TPSA) is 55.1 Å². The summed E-state index contributed by atoms with van der Waals surface area (Å²) in [6, 6.07) is 5.25. The largest absolute Gasteiger partial charge is 0.399 e. The minimum atomic E-state index is -0.0752. The van der Waals surface area contributed by atoms with Crippen molar-refractivity contribution in [2.75, 3.05) is 5.73 Å². The predicted octanol–water partition coefficient (Wildman–Crippen LogP) is 3.62. The predicted molar refractivity (Wildman–Crippen MR) is 79.4 cm³/mol. The van der Waals surface area contributed by atoms with E-state index in [1.807, 2.05) is 0 Å². The third-order valence-electron chi connectivity index (χ3n) is 3.77. The Labute approximate surface area is 119 Å². The van der Waals surface area contributed by atoms with Crippen LogP contribution >= 0.6 is 11.6 Å². The molecule has 2 rings (SSSR count). The molecule has 1 aromatic rings. The van der Waals surface area contributed by atoms with E-state index in [9.17, 15) is 4.79 Å². The maximum absolute atomic E-state index is 12.2. The summed E-state index contributed by atoms with van der Waals surface area (Å²) in [5.74, 6) is 0.692. The lowest BCUT2D eigenvalue weighted by atomic mass is 10.0. The average Bonchev–Trinajstić information content (AvgIpc) is 2.53. The van der Waals surface area contributed by atoms with Gasteiger partial charge in [-0.05, 0) is 43.4 Å². The van der Waals surface area contributed by atoms with Crippen LogP contribution in [0.25, 0.3) is 0 Å². The van der Waals surface area contributed by atoms with Crippen LogP contribution in [0.4, 0.5) is 5.69 Å². The number of benzene rings is 1. The van der Waals surface area contributed by atoms with Crippen LogP contribution in [0.3, 0.4) is 0 Å². The highest BCUT2D eigenvalue weighted by atomic mass is 35.5. The summed E-state index contributed by atoms with van der Waals surface area (Å²) in [6.45, 7) is 2.28. The lowest BCUT2D eigenvalue weighted by Crippen LogP contribution is -2.34. The SMILES string of the molecule is CC1CCCC(NC(=O)c2cc(N)cc(Cl)c2)CC1. The Kier molecular flexibility index (Phi) is 4.70. The monoisotopic (exact) mass is 280 g/mol. The maximum Gasteiger partial charge on any atom is 0.251 e. The smallest absolute Gasteiger partial charge is 0.251 e. The number of nitrogens with two attached hydrogens (primary N) is 1. The van der Waals surface area contributed by atoms with Crippen molar-refractivity contribution in [3.63, 3.8) is 0 Å². The van der Waals surface area contributed by atoms with Gasteiger partial charge in [-0.3, -0.25) is 4.79 Å². The Hall–Kier alpha value is -1.22. The zero-order valence-electron chi connectivity index (χ0n) is 11.3. The summed E-state index contributed by atoms with van der Waals surface area (Å²) in [4.78, 5) is 12.2. The number of halogens is 1. The molecule has 3 N–H and O–H groups in total. The molecule has 2 atom stereocenters. The van der Waals surface area contributed by atoms with Crippen molar-refractivity contribution in [2.24, 2.45) is 5.92 Å². The number of hydrogen-bond acceptors (Lipinski definition) is 2. The van der Waals surface area contributed by atoms with Crippen molar-refractivity contribution in [1.82, 2.24) is 5.32 Å². The molecule has 0 saturated heterocycles. The summed E-state index contributed by atoms with van der Waals surface area (Å²) < 4.78 is 0. The number of hydrogen-bond donors (Lipinski definition) is 2. The molecular weight excluding hydrogens is 260 g/mol. The lowest BCUT2D eigenvalue weighted by Gasteiger charge is -2.16. The van der Waals surface area contributed by atoms with Crippen molar-refractivity contribution in [1.29, 1.82) is 0 Å². The van der Waals surface area contributed by atoms with Crippen LogP contribution in [-0.4, -0.2) is 11.9 Å². The van der Waals surface area contributed by atoms with E-state index >= 15 is 0 Å². The van der Waals surface area contributed by atoms with E-state index in [2.05, 4.69) is 12.2 Å². The van der Waals surface area contributed by atoms with E-state index in [-0.39, 0.29) is 11.9 Å². The number of carbonyl (C=O) groups excluding carboxylic acids is 1. The Balaban J connectivity index is 2.00. The second kappa shape index (κ2) is 6.29. The zero-order valence-corrected chi connectivity index (χ0v) is 12.0. The third kappa shape index (κ3) is 4.13. The molecule has 19 heavy (non-hydrogen) atoms. The number of anilines is 1. The molecule has 104 valence electrons. The first kappa shape index (κ1) is 14.2. The van der Waals surface area contributed by atoms with Crippen LogP contribution in [0, 0.1) is 5.92 Å². The second-order valence-electron chi connectivity index (χ2n) is 5.56. The minimum absolute atomic E-state index is 0.0752. The van der Waals surface area contributed by atoms with Gasteiger partial charge in [-0.2, -0.15) is 0 Å². The number of nitrogens with one attached hydrogen (secondary N) is 1. The highest BCUT2D eigenvalue weighted by Crippen LogP contribution is 2.23. The van der Waals surface area contributed by atoms with Gasteiger partial charge in [0.25, 0.3) is 5.91 Å². The van der Waals surface area contributed by atoms with Gasteiger partial charge in [0.15, 0.2) is 0 Å². The van der Waals surface area contributed by atoms with Gasteiger partial charge in [0.05, 0.1) is 0 Å². The zero-order chi connectivity index (χ0) is 13.8. The molecule has 0 spiro atoms. The molecule has 4 heteroatoms. The molecule has 0 heterocycles. The summed E-state index contributed by atoms with van der Waals surface area (Å²) in [5, 5.41) is 3.60. The fraction of sp³-hybridized carbons (Fsp3) is 0.533. The molecule has 1 aliphatic carbocycles. The van der Waals surface area contributed by atoms with Gasteiger partial charge >= 0.3 is 0 Å². The van der Waals surface area contributed by atoms with Gasteiger partial charge in [0.1, 0.15) is 0 Å². The van der Waals surface area contributed by atoms with Gasteiger partial charge in [-0.1, -0.05) is 31.4 Å². The van der Waals surface area contributed by atoms with Crippen molar-refractivity contribution in [3.8, 4) is 0 Å². The molecule has 1 aromatic carbocycles. The standard InChI is InChI=1S/C15H21ClN2O/c1-10-3-2-4-14(6-5-10)18-15(19)11-7-12(16)9-13(17)8-11/h7-10,14H,2-6,17H2,1H3,(H,18,19). The van der Waals surface area contributed by atoms with Gasteiger partial charge < -0.3 is 11.1 Å². The van der Waals surface area contributed by atoms with Crippen LogP contribution < -0.4 is 11.1 Å². The van der Waals surface area contributed by atoms with Gasteiger partial charge in [-0.15, -0.1) is 0 Å². The van der Waals surface area contributed by atoms with E-state index in [4.69, 9.17) is 17.3 Å². The molecule has 0 aromatic heterocycles. The summed E-state index contributed by atoms with van der Waals surface area (Å²) in [7, 11) is 0. The minimum Gasteiger partial charge on any atom is -0.399 e. The third-order valence-corrected chi connectivity index (χ3v) is 3.99. The first-order valence-electron chi connectivity index (χ1n) is 6.91. The quantitative estimate of drug-likeness (QED) is 0.642. The Bertz CT molecular complexity index is 441. The maximum atomic E-state index is 12.2. The van der Waals surface area contributed by atoms with Crippen LogP contribution in [-0.2, 0) is 0 Å². The second-order valence-corrected chi connectivity index (χ2v) is 5.99. The van der Waals surface area contributed by atoms with Gasteiger partial charge in [-0.25, -0.2) is 0 Å². The molecule has 2 unspecified atom stereocenters. The van der Waals surface area contributed by atoms with E-state index in [1.54, 1.807) is 18.2 Å². The van der Waals surface area contributed by atoms with Crippen molar-refractivity contribution < 1.29 is 4.79 Å². The molecule has 1 saturated carbocycles. The number of rotatable bonds is 2. The molecule has 0 radical (unpaired) electrons. The lowest BCUT2D eigenvalue weighted by molar-refractivity contribution is 0.0933. The van der Waals surface area contributed by atoms with Gasteiger partial charge in [0, 0.05) is 22.3 Å². The first-order valence-corrected chi connectivity index (χ1v) is 7.29. The first-order chi connectivity index (χ1) is 9.04. The van der Waals surface area contributed by atoms with Crippen molar-refractivity contribution in [2.45, 2.75) is 45.1 Å². The molecule has 3 nitrogen and oxygen atoms in total. The Morgan fingerprint density at radius 2 is 2.05 bits per heavy atom. The van der Waals surface area contributed by atoms with Crippen molar-refractivity contribution >= 4 is 23.2 Å². The highest BCUT2D eigenvalue weighted by molar-refractivity contribution is 6.31. The average molecular weight is 281 g/mol. The van der Waals surface area contributed by atoms with Crippen LogP contribution in [0.5, 0.6) is 0 Å². The van der Waals surface area contributed by atoms with Crippen LogP contribution in [0.2, 0.25) is 5.02 Å². The van der Waals surface area contributed by atoms with Crippen LogP contribution in [0.1, 0.15) is 49.4 Å². The molecule has 1 aliphatic rings. The fourth-order valence-corrected chi connectivity index (χ4v) is 2.89. The van der Waals surface area contributed by atoms with E-state index in [0.717, 1.165) is 18.8 Å². The molecular formula is C15H21ClN2O. The number of nitrogen functional groups attached to an aromatic ring is 1. The van der Waals surface area contributed by atoms with Crippen molar-refractivity contribution in [3.05, 3.63) is 28.8 Å².